The van der Waals surface area contributed by atoms with Crippen molar-refractivity contribution in [1.82, 2.24) is 14.5 Å². The van der Waals surface area contributed by atoms with Crippen LogP contribution in [0.5, 0.6) is 5.88 Å². The van der Waals surface area contributed by atoms with E-state index in [1.54, 1.807) is 6.20 Å². The second-order valence-corrected chi connectivity index (χ2v) is 5.30. The zero-order valence-corrected chi connectivity index (χ0v) is 10.5. The third-order valence-corrected chi connectivity index (χ3v) is 3.96. The van der Waals surface area contributed by atoms with Crippen LogP contribution in [0.4, 0.5) is 5.95 Å². The average molecular weight is 246 g/mol. The molecule has 0 amide bonds. The Morgan fingerprint density at radius 3 is 2.78 bits per heavy atom. The Morgan fingerprint density at radius 1 is 1.33 bits per heavy atom. The number of hydrogen-bond donors (Lipinski definition) is 2. The van der Waals surface area contributed by atoms with Gasteiger partial charge in [-0.2, -0.15) is 0 Å². The fourth-order valence-corrected chi connectivity index (χ4v) is 2.81. The molecule has 0 bridgehead atoms. The first kappa shape index (κ1) is 11.3. The fraction of sp³-hybridized carbons (Fsp3) is 0.538. The van der Waals surface area contributed by atoms with Crippen LogP contribution < -0.4 is 5.73 Å². The first-order valence-electron chi connectivity index (χ1n) is 6.47. The van der Waals surface area contributed by atoms with E-state index in [9.17, 15) is 5.11 Å². The molecule has 2 aromatic rings. The van der Waals surface area contributed by atoms with Crippen LogP contribution in [0.1, 0.15) is 38.6 Å². The molecule has 0 unspecified atom stereocenters. The lowest BCUT2D eigenvalue weighted by molar-refractivity contribution is 0.270. The molecule has 18 heavy (non-hydrogen) atoms. The Balaban J connectivity index is 1.99. The fourth-order valence-electron chi connectivity index (χ4n) is 2.81. The summed E-state index contributed by atoms with van der Waals surface area (Å²) in [6.45, 7) is 2.29. The number of rotatable bonds is 1. The van der Waals surface area contributed by atoms with E-state index in [0.717, 1.165) is 24.3 Å². The molecular weight excluding hydrogens is 228 g/mol. The monoisotopic (exact) mass is 246 g/mol. The van der Waals surface area contributed by atoms with Crippen LogP contribution in [0, 0.1) is 5.92 Å². The van der Waals surface area contributed by atoms with E-state index in [2.05, 4.69) is 16.9 Å². The molecule has 2 aromatic heterocycles. The molecule has 1 saturated carbocycles. The summed E-state index contributed by atoms with van der Waals surface area (Å²) in [4.78, 5) is 8.08. The molecule has 1 fully saturated rings. The number of hydrogen-bond acceptors (Lipinski definition) is 4. The number of aromatic hydroxyl groups is 1. The molecule has 0 aliphatic heterocycles. The minimum atomic E-state index is 0.247. The van der Waals surface area contributed by atoms with E-state index in [1.807, 2.05) is 10.8 Å². The van der Waals surface area contributed by atoms with Crippen LogP contribution in [0.15, 0.2) is 12.4 Å². The van der Waals surface area contributed by atoms with E-state index < -0.39 is 0 Å². The van der Waals surface area contributed by atoms with Crippen molar-refractivity contribution >= 4 is 16.9 Å². The summed E-state index contributed by atoms with van der Waals surface area (Å²) in [7, 11) is 0. The van der Waals surface area contributed by atoms with Crippen LogP contribution in [-0.2, 0) is 0 Å². The van der Waals surface area contributed by atoms with Gasteiger partial charge in [-0.3, -0.25) is 0 Å². The topological polar surface area (TPSA) is 77.0 Å². The highest BCUT2D eigenvalue weighted by atomic mass is 16.3. The van der Waals surface area contributed by atoms with Crippen molar-refractivity contribution in [2.45, 2.75) is 38.6 Å². The molecule has 0 aromatic carbocycles. The first-order valence-corrected chi connectivity index (χ1v) is 6.47. The van der Waals surface area contributed by atoms with Gasteiger partial charge in [0.1, 0.15) is 0 Å². The summed E-state index contributed by atoms with van der Waals surface area (Å²) in [6.07, 6.45) is 8.13. The van der Waals surface area contributed by atoms with Crippen LogP contribution in [-0.4, -0.2) is 19.6 Å². The Hall–Kier alpha value is -1.78. The Kier molecular flexibility index (Phi) is 2.61. The van der Waals surface area contributed by atoms with Gasteiger partial charge in [-0.1, -0.05) is 6.92 Å². The summed E-state index contributed by atoms with van der Waals surface area (Å²) in [5.41, 5.74) is 6.29. The molecule has 3 rings (SSSR count). The lowest BCUT2D eigenvalue weighted by atomic mass is 9.87. The predicted octanol–water partition coefficient (Wildman–Crippen LogP) is 2.47. The average Bonchev–Trinajstić information content (AvgIpc) is 2.67. The van der Waals surface area contributed by atoms with E-state index >= 15 is 0 Å². The number of aromatic nitrogens is 3. The molecule has 1 aliphatic rings. The minimum Gasteiger partial charge on any atom is -0.494 e. The molecule has 0 radical (unpaired) electrons. The van der Waals surface area contributed by atoms with Crippen LogP contribution in [0.2, 0.25) is 0 Å². The van der Waals surface area contributed by atoms with Gasteiger partial charge in [0.25, 0.3) is 0 Å². The van der Waals surface area contributed by atoms with Crippen molar-refractivity contribution in [3.8, 4) is 5.88 Å². The number of nitrogens with zero attached hydrogens (tertiary/aromatic N) is 3. The molecule has 0 atom stereocenters. The van der Waals surface area contributed by atoms with Gasteiger partial charge >= 0.3 is 0 Å². The van der Waals surface area contributed by atoms with Crippen molar-refractivity contribution in [2.24, 2.45) is 5.92 Å². The first-order chi connectivity index (χ1) is 8.65. The van der Waals surface area contributed by atoms with E-state index in [1.165, 1.54) is 12.8 Å². The largest absolute Gasteiger partial charge is 0.494 e. The maximum atomic E-state index is 10.2. The van der Waals surface area contributed by atoms with Crippen LogP contribution in [0.3, 0.4) is 0 Å². The van der Waals surface area contributed by atoms with Crippen molar-refractivity contribution in [3.05, 3.63) is 12.4 Å². The maximum absolute atomic E-state index is 10.2. The Labute approximate surface area is 106 Å². The highest BCUT2D eigenvalue weighted by molar-refractivity contribution is 5.84. The van der Waals surface area contributed by atoms with Gasteiger partial charge in [0.15, 0.2) is 0 Å². The van der Waals surface area contributed by atoms with Gasteiger partial charge < -0.3 is 15.4 Å². The number of nitrogen functional groups attached to an aromatic ring is 1. The van der Waals surface area contributed by atoms with E-state index in [0.29, 0.717) is 11.4 Å². The molecule has 0 spiro atoms. The highest BCUT2D eigenvalue weighted by Gasteiger charge is 2.22. The van der Waals surface area contributed by atoms with Crippen molar-refractivity contribution in [2.75, 3.05) is 5.73 Å². The van der Waals surface area contributed by atoms with Gasteiger partial charge in [0.2, 0.25) is 11.8 Å². The molecule has 5 heteroatoms. The van der Waals surface area contributed by atoms with E-state index in [-0.39, 0.29) is 11.8 Å². The number of anilines is 1. The molecule has 5 nitrogen and oxygen atoms in total. The maximum Gasteiger partial charge on any atom is 0.220 e. The molecule has 1 aliphatic carbocycles. The molecule has 2 heterocycles. The normalized spacial score (nSPS) is 24.5. The molecular formula is C13H18N4O. The van der Waals surface area contributed by atoms with Crippen molar-refractivity contribution in [1.29, 1.82) is 0 Å². The minimum absolute atomic E-state index is 0.247. The second-order valence-electron chi connectivity index (χ2n) is 5.30. The Bertz CT molecular complexity index is 570. The summed E-state index contributed by atoms with van der Waals surface area (Å²) >= 11 is 0. The number of nitrogens with two attached hydrogens (primary N) is 1. The zero-order chi connectivity index (χ0) is 12.7. The van der Waals surface area contributed by atoms with Gasteiger partial charge in [-0.05, 0) is 31.6 Å². The molecule has 3 N–H and O–H groups in total. The number of fused-ring (bicyclic) bond motifs is 1. The SMILES string of the molecule is CC1CCC(n2cc3nc(N)ncc3c2O)CC1. The lowest BCUT2D eigenvalue weighted by Crippen LogP contribution is -2.15. The quantitative estimate of drug-likeness (QED) is 0.810. The Morgan fingerprint density at radius 2 is 2.06 bits per heavy atom. The predicted molar refractivity (Wildman–Crippen MR) is 70.3 cm³/mol. The summed E-state index contributed by atoms with van der Waals surface area (Å²) in [6, 6.07) is 0.372. The summed E-state index contributed by atoms with van der Waals surface area (Å²) in [5, 5.41) is 10.9. The smallest absolute Gasteiger partial charge is 0.220 e. The summed E-state index contributed by atoms with van der Waals surface area (Å²) < 4.78 is 1.94. The second kappa shape index (κ2) is 4.15. The van der Waals surface area contributed by atoms with E-state index in [4.69, 9.17) is 5.73 Å². The van der Waals surface area contributed by atoms with Gasteiger partial charge in [0.05, 0.1) is 10.9 Å². The van der Waals surface area contributed by atoms with Crippen LogP contribution >= 0.6 is 0 Å². The van der Waals surface area contributed by atoms with Crippen molar-refractivity contribution in [3.63, 3.8) is 0 Å². The molecule has 96 valence electrons. The summed E-state index contributed by atoms with van der Waals surface area (Å²) in [5.74, 6) is 1.31. The zero-order valence-electron chi connectivity index (χ0n) is 10.5. The van der Waals surface area contributed by atoms with Gasteiger partial charge in [-0.25, -0.2) is 9.97 Å². The third-order valence-electron chi connectivity index (χ3n) is 3.96. The highest BCUT2D eigenvalue weighted by Crippen LogP contribution is 2.37. The lowest BCUT2D eigenvalue weighted by Gasteiger charge is -2.27. The van der Waals surface area contributed by atoms with Gasteiger partial charge in [-0.15, -0.1) is 0 Å². The molecule has 0 saturated heterocycles. The van der Waals surface area contributed by atoms with Crippen LogP contribution in [0.25, 0.3) is 10.9 Å². The van der Waals surface area contributed by atoms with Gasteiger partial charge in [0, 0.05) is 18.4 Å². The van der Waals surface area contributed by atoms with Crippen molar-refractivity contribution < 1.29 is 5.11 Å². The third kappa shape index (κ3) is 1.79. The standard InChI is InChI=1S/C13H18N4O/c1-8-2-4-9(5-3-8)17-7-11-10(12(17)18)6-15-13(14)16-11/h6-9,18H,2-5H2,1H3,(H2,14,16).